The summed E-state index contributed by atoms with van der Waals surface area (Å²) in [6, 6.07) is 17.4. The van der Waals surface area contributed by atoms with Gasteiger partial charge in [-0.3, -0.25) is 14.5 Å². The zero-order chi connectivity index (χ0) is 24.1. The number of fused-ring (bicyclic) bond motifs is 1. The van der Waals surface area contributed by atoms with Gasteiger partial charge in [0.05, 0.1) is 25.7 Å². The van der Waals surface area contributed by atoms with Crippen molar-refractivity contribution in [3.8, 4) is 17.2 Å². The monoisotopic (exact) mass is 475 g/mol. The fourth-order valence-corrected chi connectivity index (χ4v) is 4.73. The quantitative estimate of drug-likeness (QED) is 0.292. The molecule has 3 aromatic carbocycles. The highest BCUT2D eigenvalue weighted by atomic mass is 32.2. The Morgan fingerprint density at radius 3 is 2.56 bits per heavy atom. The minimum Gasteiger partial charge on any atom is -0.493 e. The zero-order valence-corrected chi connectivity index (χ0v) is 19.9. The SMILES string of the molecule is C=CCc1cc(/C=C2\SC(=O)N(CCOc3cccc4ccccc34)C2=O)cc(OC)c1OC. The number of nitrogens with zero attached hydrogens (tertiary/aromatic N) is 1. The minimum atomic E-state index is -0.337. The van der Waals surface area contributed by atoms with Crippen molar-refractivity contribution in [2.75, 3.05) is 27.4 Å². The van der Waals surface area contributed by atoms with Gasteiger partial charge in [0.25, 0.3) is 11.1 Å². The van der Waals surface area contributed by atoms with Gasteiger partial charge < -0.3 is 14.2 Å². The van der Waals surface area contributed by atoms with Gasteiger partial charge in [-0.1, -0.05) is 42.5 Å². The Kier molecular flexibility index (Phi) is 7.23. The number of hydrogen-bond donors (Lipinski definition) is 0. The summed E-state index contributed by atoms with van der Waals surface area (Å²) in [5.74, 6) is 1.56. The van der Waals surface area contributed by atoms with E-state index in [2.05, 4.69) is 6.58 Å². The van der Waals surface area contributed by atoms with Crippen molar-refractivity contribution in [3.05, 3.63) is 83.3 Å². The van der Waals surface area contributed by atoms with E-state index < -0.39 is 0 Å². The van der Waals surface area contributed by atoms with Crippen LogP contribution in [0.2, 0.25) is 0 Å². The molecule has 34 heavy (non-hydrogen) atoms. The van der Waals surface area contributed by atoms with Gasteiger partial charge in [0.1, 0.15) is 12.4 Å². The summed E-state index contributed by atoms with van der Waals surface area (Å²) >= 11 is 0.919. The summed E-state index contributed by atoms with van der Waals surface area (Å²) in [6.45, 7) is 4.16. The second kappa shape index (κ2) is 10.5. The molecule has 1 aliphatic heterocycles. The molecule has 1 saturated heterocycles. The summed E-state index contributed by atoms with van der Waals surface area (Å²) in [4.78, 5) is 27.1. The largest absolute Gasteiger partial charge is 0.493 e. The maximum absolute atomic E-state index is 13.0. The fourth-order valence-electron chi connectivity index (χ4n) is 3.87. The van der Waals surface area contributed by atoms with Crippen LogP contribution in [-0.2, 0) is 11.2 Å². The Balaban J connectivity index is 1.49. The first-order valence-electron chi connectivity index (χ1n) is 10.8. The second-order valence-electron chi connectivity index (χ2n) is 7.57. The molecule has 1 heterocycles. The lowest BCUT2D eigenvalue weighted by atomic mass is 10.0. The van der Waals surface area contributed by atoms with Crippen LogP contribution in [0.1, 0.15) is 11.1 Å². The highest BCUT2D eigenvalue weighted by molar-refractivity contribution is 8.18. The van der Waals surface area contributed by atoms with Crippen molar-refractivity contribution in [2.45, 2.75) is 6.42 Å². The lowest BCUT2D eigenvalue weighted by molar-refractivity contribution is -0.123. The average molecular weight is 476 g/mol. The number of hydrogen-bond acceptors (Lipinski definition) is 6. The van der Waals surface area contributed by atoms with Gasteiger partial charge in [-0.2, -0.15) is 0 Å². The van der Waals surface area contributed by atoms with Crippen LogP contribution in [0.15, 0.2) is 72.2 Å². The Morgan fingerprint density at radius 2 is 1.79 bits per heavy atom. The molecule has 0 aromatic heterocycles. The third-order valence-electron chi connectivity index (χ3n) is 5.44. The van der Waals surface area contributed by atoms with E-state index in [4.69, 9.17) is 14.2 Å². The van der Waals surface area contributed by atoms with Gasteiger partial charge in [0, 0.05) is 10.9 Å². The number of imide groups is 1. The summed E-state index contributed by atoms with van der Waals surface area (Å²) in [5, 5.41) is 1.74. The molecule has 0 spiro atoms. The van der Waals surface area contributed by atoms with E-state index in [1.54, 1.807) is 32.4 Å². The van der Waals surface area contributed by atoms with Crippen LogP contribution in [0, 0.1) is 0 Å². The summed E-state index contributed by atoms with van der Waals surface area (Å²) in [6.07, 6.45) is 4.05. The Bertz CT molecular complexity index is 1280. The topological polar surface area (TPSA) is 65.1 Å². The Hall–Kier alpha value is -3.71. The van der Waals surface area contributed by atoms with E-state index in [9.17, 15) is 9.59 Å². The number of carbonyl (C=O) groups is 2. The fraction of sp³-hybridized carbons (Fsp3) is 0.185. The highest BCUT2D eigenvalue weighted by Gasteiger charge is 2.35. The number of amides is 2. The van der Waals surface area contributed by atoms with Crippen LogP contribution in [0.4, 0.5) is 4.79 Å². The van der Waals surface area contributed by atoms with Crippen molar-refractivity contribution in [1.29, 1.82) is 0 Å². The molecule has 0 radical (unpaired) electrons. The lowest BCUT2D eigenvalue weighted by Crippen LogP contribution is -2.32. The standard InChI is InChI=1S/C27H25NO5S/c1-4-8-20-15-18(16-23(31-2)25(20)32-3)17-24-26(29)28(27(30)34-24)13-14-33-22-12-7-10-19-9-5-6-11-21(19)22/h4-7,9-12,15-17H,1,8,13-14H2,2-3H3/b24-17-. The van der Waals surface area contributed by atoms with Crippen LogP contribution in [0.3, 0.4) is 0 Å². The first-order chi connectivity index (χ1) is 16.5. The van der Waals surface area contributed by atoms with Crippen LogP contribution in [0.5, 0.6) is 17.2 Å². The number of carbonyl (C=O) groups excluding carboxylic acids is 2. The van der Waals surface area contributed by atoms with E-state index in [0.717, 1.165) is 39.4 Å². The van der Waals surface area contributed by atoms with Gasteiger partial charge in [0.2, 0.25) is 0 Å². The van der Waals surface area contributed by atoms with E-state index in [0.29, 0.717) is 22.8 Å². The molecule has 174 valence electrons. The average Bonchev–Trinajstić information content (AvgIpc) is 3.11. The summed E-state index contributed by atoms with van der Waals surface area (Å²) in [7, 11) is 3.14. The molecule has 0 saturated carbocycles. The normalized spacial score (nSPS) is 14.6. The van der Waals surface area contributed by atoms with Crippen LogP contribution < -0.4 is 14.2 Å². The molecular weight excluding hydrogens is 450 g/mol. The van der Waals surface area contributed by atoms with E-state index >= 15 is 0 Å². The van der Waals surface area contributed by atoms with Crippen molar-refractivity contribution in [1.82, 2.24) is 4.90 Å². The molecule has 2 amide bonds. The van der Waals surface area contributed by atoms with Gasteiger partial charge >= 0.3 is 0 Å². The number of allylic oxidation sites excluding steroid dienone is 1. The molecule has 1 fully saturated rings. The Labute approximate surface area is 202 Å². The first-order valence-corrected chi connectivity index (χ1v) is 11.6. The van der Waals surface area contributed by atoms with Crippen molar-refractivity contribution < 1.29 is 23.8 Å². The zero-order valence-electron chi connectivity index (χ0n) is 19.1. The minimum absolute atomic E-state index is 0.166. The van der Waals surface area contributed by atoms with E-state index in [-0.39, 0.29) is 24.3 Å². The summed E-state index contributed by atoms with van der Waals surface area (Å²) in [5.41, 5.74) is 1.62. The summed E-state index contributed by atoms with van der Waals surface area (Å²) < 4.78 is 16.8. The number of rotatable bonds is 9. The molecule has 0 unspecified atom stereocenters. The first kappa shape index (κ1) is 23.4. The highest BCUT2D eigenvalue weighted by Crippen LogP contribution is 2.37. The molecular formula is C27H25NO5S. The molecule has 0 aliphatic carbocycles. The lowest BCUT2D eigenvalue weighted by Gasteiger charge is -2.14. The van der Waals surface area contributed by atoms with Gasteiger partial charge in [-0.25, -0.2) is 0 Å². The number of ether oxygens (including phenoxy) is 3. The second-order valence-corrected chi connectivity index (χ2v) is 8.56. The van der Waals surface area contributed by atoms with Crippen molar-refractivity contribution in [2.24, 2.45) is 0 Å². The molecule has 0 bridgehead atoms. The molecule has 7 heteroatoms. The van der Waals surface area contributed by atoms with Gasteiger partial charge in [-0.05, 0) is 53.4 Å². The van der Waals surface area contributed by atoms with Crippen LogP contribution in [0.25, 0.3) is 16.8 Å². The molecule has 3 aromatic rings. The maximum Gasteiger partial charge on any atom is 0.293 e. The number of benzene rings is 3. The van der Waals surface area contributed by atoms with E-state index in [1.165, 1.54) is 4.90 Å². The third kappa shape index (κ3) is 4.79. The number of thioether (sulfide) groups is 1. The third-order valence-corrected chi connectivity index (χ3v) is 6.34. The maximum atomic E-state index is 13.0. The van der Waals surface area contributed by atoms with E-state index in [1.807, 2.05) is 48.5 Å². The molecule has 0 N–H and O–H groups in total. The van der Waals surface area contributed by atoms with Crippen LogP contribution >= 0.6 is 11.8 Å². The van der Waals surface area contributed by atoms with Gasteiger partial charge in [-0.15, -0.1) is 6.58 Å². The predicted molar refractivity (Wildman–Crippen MR) is 136 cm³/mol. The molecule has 1 aliphatic rings. The molecule has 4 rings (SSSR count). The smallest absolute Gasteiger partial charge is 0.293 e. The van der Waals surface area contributed by atoms with Crippen molar-refractivity contribution >= 4 is 39.8 Å². The molecule has 0 atom stereocenters. The molecule has 6 nitrogen and oxygen atoms in total. The van der Waals surface area contributed by atoms with Crippen LogP contribution in [-0.4, -0.2) is 43.4 Å². The number of methoxy groups -OCH3 is 2. The van der Waals surface area contributed by atoms with Gasteiger partial charge in [0.15, 0.2) is 11.5 Å². The Morgan fingerprint density at radius 1 is 1.00 bits per heavy atom. The predicted octanol–water partition coefficient (Wildman–Crippen LogP) is 5.70. The van der Waals surface area contributed by atoms with Crippen molar-refractivity contribution in [3.63, 3.8) is 0 Å².